The Kier molecular flexibility index (Phi) is 13.3. The summed E-state index contributed by atoms with van der Waals surface area (Å²) >= 11 is 6.43. The van der Waals surface area contributed by atoms with Gasteiger partial charge >= 0.3 is 5.97 Å². The summed E-state index contributed by atoms with van der Waals surface area (Å²) in [4.78, 5) is 78.9. The Morgan fingerprint density at radius 2 is 1.53 bits per heavy atom. The predicted molar refractivity (Wildman–Crippen MR) is 198 cm³/mol. The summed E-state index contributed by atoms with van der Waals surface area (Å²) in [5.41, 5.74) is -0.618. The molecule has 3 unspecified atom stereocenters. The van der Waals surface area contributed by atoms with Crippen molar-refractivity contribution >= 4 is 52.7 Å². The fourth-order valence-corrected chi connectivity index (χ4v) is 6.20. The largest absolute Gasteiger partial charge is 1.00 e. The van der Waals surface area contributed by atoms with Crippen LogP contribution in [0.3, 0.4) is 0 Å². The molecule has 0 bridgehead atoms. The monoisotopic (exact) mass is 791 g/mol. The SMILES string of the molecule is C[N+](C)(C)CC(=O)Nc1ccc(C(=O)c2cccc(Cl)c2OCC(=O)NC(C(=O)NC2(C(C(=O)O)c3ccc(O)cc3)CNC2=O)c2ccccc2)cc1.[Cl-]. The molecule has 4 amide bonds. The average Bonchev–Trinajstić information content (AvgIpc) is 3.12. The molecule has 1 saturated heterocycles. The lowest BCUT2D eigenvalue weighted by Gasteiger charge is -2.45. The van der Waals surface area contributed by atoms with Gasteiger partial charge in [-0.15, -0.1) is 0 Å². The molecule has 0 saturated carbocycles. The molecule has 1 aliphatic heterocycles. The maximum Gasteiger partial charge on any atom is 0.314 e. The third-order valence-corrected chi connectivity index (χ3v) is 8.85. The van der Waals surface area contributed by atoms with E-state index in [2.05, 4.69) is 21.3 Å². The van der Waals surface area contributed by atoms with Gasteiger partial charge in [-0.3, -0.25) is 28.8 Å². The van der Waals surface area contributed by atoms with E-state index in [-0.39, 0.29) is 64.6 Å². The second-order valence-corrected chi connectivity index (χ2v) is 14.1. The van der Waals surface area contributed by atoms with Gasteiger partial charge in [0.05, 0.1) is 38.3 Å². The van der Waals surface area contributed by atoms with Crippen LogP contribution >= 0.6 is 11.6 Å². The summed E-state index contributed by atoms with van der Waals surface area (Å²) in [5.74, 6) is -6.21. The minimum atomic E-state index is -1.92. The number of carboxylic acids is 1. The van der Waals surface area contributed by atoms with Crippen LogP contribution in [0.4, 0.5) is 5.69 Å². The zero-order valence-corrected chi connectivity index (χ0v) is 31.5. The van der Waals surface area contributed by atoms with Crippen LogP contribution in [0.5, 0.6) is 11.5 Å². The van der Waals surface area contributed by atoms with Gasteiger partial charge in [0, 0.05) is 11.3 Å². The fourth-order valence-electron chi connectivity index (χ4n) is 5.97. The van der Waals surface area contributed by atoms with Crippen LogP contribution in [0.25, 0.3) is 0 Å². The Morgan fingerprint density at radius 1 is 0.873 bits per heavy atom. The van der Waals surface area contributed by atoms with Crippen molar-refractivity contribution in [1.82, 2.24) is 16.0 Å². The van der Waals surface area contributed by atoms with E-state index in [0.29, 0.717) is 15.7 Å². The quantitative estimate of drug-likeness (QED) is 0.0546. The van der Waals surface area contributed by atoms with Crippen molar-refractivity contribution in [2.24, 2.45) is 0 Å². The maximum absolute atomic E-state index is 13.9. The van der Waals surface area contributed by atoms with Crippen LogP contribution in [-0.4, -0.2) is 96.5 Å². The normalized spacial score (nSPS) is 15.8. The Hall–Kier alpha value is -5.96. The molecular formula is C39H39Cl2N5O9. The molecule has 0 aliphatic carbocycles. The predicted octanol–water partition coefficient (Wildman–Crippen LogP) is 0.0148. The molecule has 5 rings (SSSR count). The van der Waals surface area contributed by atoms with Crippen LogP contribution in [0.2, 0.25) is 5.02 Å². The van der Waals surface area contributed by atoms with Gasteiger partial charge in [-0.05, 0) is 59.7 Å². The molecule has 0 aromatic heterocycles. The average molecular weight is 793 g/mol. The summed E-state index contributed by atoms with van der Waals surface area (Å²) in [6, 6.07) is 22.7. The number of aromatic hydroxyl groups is 1. The minimum Gasteiger partial charge on any atom is -1.00 e. The van der Waals surface area contributed by atoms with Crippen molar-refractivity contribution in [3.63, 3.8) is 0 Å². The number of carbonyl (C=O) groups excluding carboxylic acids is 5. The highest BCUT2D eigenvalue weighted by Gasteiger charge is 2.57. The molecule has 6 N–H and O–H groups in total. The second kappa shape index (κ2) is 17.5. The van der Waals surface area contributed by atoms with E-state index in [9.17, 15) is 39.0 Å². The number of phenols is 1. The zero-order chi connectivity index (χ0) is 39.2. The summed E-state index contributed by atoms with van der Waals surface area (Å²) in [5, 5.41) is 30.5. The fraction of sp³-hybridized carbons (Fsp3) is 0.231. The first-order valence-corrected chi connectivity index (χ1v) is 17.1. The first-order chi connectivity index (χ1) is 25.6. The zero-order valence-electron chi connectivity index (χ0n) is 30.0. The molecule has 0 spiro atoms. The number of anilines is 1. The number of halogens is 2. The van der Waals surface area contributed by atoms with E-state index < -0.39 is 53.6 Å². The molecule has 1 fully saturated rings. The minimum absolute atomic E-state index is 0. The molecule has 3 atom stereocenters. The molecule has 55 heavy (non-hydrogen) atoms. The number of hydrogen-bond acceptors (Lipinski definition) is 8. The number of nitrogens with one attached hydrogen (secondary N) is 4. The van der Waals surface area contributed by atoms with Crippen LogP contribution < -0.4 is 38.4 Å². The summed E-state index contributed by atoms with van der Waals surface area (Å²) < 4.78 is 6.22. The number of amides is 4. The second-order valence-electron chi connectivity index (χ2n) is 13.7. The highest BCUT2D eigenvalue weighted by atomic mass is 35.5. The first-order valence-electron chi connectivity index (χ1n) is 16.7. The van der Waals surface area contributed by atoms with Crippen LogP contribution in [-0.2, 0) is 24.0 Å². The van der Waals surface area contributed by atoms with Crippen molar-refractivity contribution in [2.75, 3.05) is 46.2 Å². The number of nitrogens with zero attached hydrogens (tertiary/aromatic N) is 1. The summed E-state index contributed by atoms with van der Waals surface area (Å²) in [6.07, 6.45) is 0. The Morgan fingerprint density at radius 3 is 2.09 bits per heavy atom. The lowest BCUT2D eigenvalue weighted by atomic mass is 9.73. The van der Waals surface area contributed by atoms with Crippen LogP contribution in [0, 0.1) is 0 Å². The number of likely N-dealkylation sites (N-methyl/N-ethyl adjacent to an activating group) is 1. The van der Waals surface area contributed by atoms with Crippen molar-refractivity contribution in [1.29, 1.82) is 0 Å². The highest BCUT2D eigenvalue weighted by molar-refractivity contribution is 6.33. The number of aliphatic carboxylic acids is 1. The smallest absolute Gasteiger partial charge is 0.314 e. The van der Waals surface area contributed by atoms with Gasteiger partial charge in [-0.1, -0.05) is 60.1 Å². The van der Waals surface area contributed by atoms with Gasteiger partial charge in [0.1, 0.15) is 23.5 Å². The maximum atomic E-state index is 13.9. The van der Waals surface area contributed by atoms with Crippen molar-refractivity contribution in [3.8, 4) is 11.5 Å². The molecule has 0 radical (unpaired) electrons. The molecular weight excluding hydrogens is 753 g/mol. The molecule has 1 aliphatic rings. The molecule has 4 aromatic rings. The Balaban J connectivity index is 0.00000673. The molecule has 16 heteroatoms. The number of β-lactam (4-membered cyclic amide) rings is 1. The van der Waals surface area contributed by atoms with E-state index in [1.807, 2.05) is 21.1 Å². The van der Waals surface area contributed by atoms with Gasteiger partial charge in [-0.25, -0.2) is 0 Å². The van der Waals surface area contributed by atoms with Gasteiger partial charge in [0.2, 0.25) is 11.8 Å². The number of rotatable bonds is 15. The number of carboxylic acid groups (broad SMARTS) is 1. The number of phenolic OH excluding ortho intramolecular Hbond substituents is 1. The standard InChI is InChI=1S/C39H38ClN5O9.ClH/c1-45(2,3)20-30(47)42-26-16-12-25(13-17-26)34(49)28-10-7-11-29(40)35(28)54-21-31(48)43-33(24-8-5-4-6-9-24)36(50)44-39(22-41-38(39)53)32(37(51)52)23-14-18-27(46)19-15-23;/h4-19,32-33H,20-22H2,1-3H3,(H5-,41,42,43,44,46,47,48,49,50,51,52,53);1H. The highest BCUT2D eigenvalue weighted by Crippen LogP contribution is 2.35. The van der Waals surface area contributed by atoms with Gasteiger partial charge in [0.15, 0.2) is 24.5 Å². The summed E-state index contributed by atoms with van der Waals surface area (Å²) in [6.45, 7) is -0.654. The van der Waals surface area contributed by atoms with Gasteiger partial charge in [0.25, 0.3) is 11.8 Å². The van der Waals surface area contributed by atoms with Crippen molar-refractivity contribution in [2.45, 2.75) is 17.5 Å². The number of ether oxygens (including phenoxy) is 1. The van der Waals surface area contributed by atoms with Gasteiger partial charge in [-0.2, -0.15) is 0 Å². The van der Waals surface area contributed by atoms with Crippen molar-refractivity contribution in [3.05, 3.63) is 124 Å². The van der Waals surface area contributed by atoms with E-state index in [4.69, 9.17) is 16.3 Å². The Bertz CT molecular complexity index is 2070. The van der Waals surface area contributed by atoms with E-state index in [1.165, 1.54) is 48.5 Å². The number of carbonyl (C=O) groups is 6. The van der Waals surface area contributed by atoms with Crippen LogP contribution in [0.1, 0.15) is 39.0 Å². The van der Waals surface area contributed by atoms with E-state index in [0.717, 1.165) is 0 Å². The van der Waals surface area contributed by atoms with Crippen LogP contribution in [0.15, 0.2) is 97.1 Å². The number of quaternary nitrogens is 1. The lowest BCUT2D eigenvalue weighted by molar-refractivity contribution is -0.861. The van der Waals surface area contributed by atoms with Gasteiger partial charge < -0.3 is 53.1 Å². The first kappa shape index (κ1) is 41.8. The lowest BCUT2D eigenvalue weighted by Crippen LogP contribution is -3.00. The molecule has 14 nitrogen and oxygen atoms in total. The van der Waals surface area contributed by atoms with E-state index in [1.54, 1.807) is 48.5 Å². The molecule has 288 valence electrons. The number of hydrogen-bond donors (Lipinski definition) is 6. The number of ketones is 1. The third-order valence-electron chi connectivity index (χ3n) is 8.55. The molecule has 1 heterocycles. The van der Waals surface area contributed by atoms with E-state index >= 15 is 0 Å². The topological polar surface area (TPSA) is 200 Å². The summed E-state index contributed by atoms with van der Waals surface area (Å²) in [7, 11) is 5.67. The molecule has 4 aromatic carbocycles. The Labute approximate surface area is 327 Å². The number of para-hydroxylation sites is 1. The third kappa shape index (κ3) is 9.97. The number of benzene rings is 4. The van der Waals surface area contributed by atoms with Crippen molar-refractivity contribution < 1.29 is 60.6 Å².